The largest absolute Gasteiger partial charge is 0.330 e. The molecular weight excluding hydrogens is 338 g/mol. The molecule has 22 heavy (non-hydrogen) atoms. The monoisotopic (exact) mass is 355 g/mol. The molecule has 1 aromatic heterocycles. The lowest BCUT2D eigenvalue weighted by atomic mass is 10.1. The van der Waals surface area contributed by atoms with E-state index >= 15 is 0 Å². The van der Waals surface area contributed by atoms with E-state index in [-0.39, 0.29) is 6.04 Å². The van der Waals surface area contributed by atoms with Gasteiger partial charge in [-0.15, -0.1) is 0 Å². The minimum Gasteiger partial charge on any atom is -0.330 e. The molecule has 2 N–H and O–H groups in total. The van der Waals surface area contributed by atoms with Crippen LogP contribution in [0, 0.1) is 0 Å². The Labute approximate surface area is 138 Å². The van der Waals surface area contributed by atoms with Crippen molar-refractivity contribution < 1.29 is 0 Å². The highest BCUT2D eigenvalue weighted by atomic mass is 79.9. The first kappa shape index (κ1) is 15.0. The van der Waals surface area contributed by atoms with Gasteiger partial charge in [0.15, 0.2) is 0 Å². The summed E-state index contributed by atoms with van der Waals surface area (Å²) in [5.41, 5.74) is 9.79. The van der Waals surface area contributed by atoms with E-state index in [0.717, 1.165) is 28.0 Å². The summed E-state index contributed by atoms with van der Waals surface area (Å²) in [4.78, 5) is 4.54. The van der Waals surface area contributed by atoms with Crippen LogP contribution in [0.2, 0.25) is 0 Å². The number of rotatable bonds is 4. The van der Waals surface area contributed by atoms with Crippen LogP contribution in [0.15, 0.2) is 65.3 Å². The van der Waals surface area contributed by atoms with Crippen molar-refractivity contribution in [1.29, 1.82) is 0 Å². The number of hydrogen-bond acceptors (Lipinski definition) is 2. The molecule has 0 spiro atoms. The Morgan fingerprint density at radius 1 is 1.09 bits per heavy atom. The molecule has 112 valence electrons. The topological polar surface area (TPSA) is 43.8 Å². The molecule has 0 fully saturated rings. The molecule has 0 aliphatic rings. The first-order valence-electron chi connectivity index (χ1n) is 7.22. The number of halogens is 1. The van der Waals surface area contributed by atoms with Crippen molar-refractivity contribution >= 4 is 15.9 Å². The molecule has 0 saturated heterocycles. The number of imidazole rings is 1. The molecule has 0 saturated carbocycles. The highest BCUT2D eigenvalue weighted by molar-refractivity contribution is 9.10. The second-order valence-corrected chi connectivity index (χ2v) is 6.28. The van der Waals surface area contributed by atoms with E-state index in [1.807, 2.05) is 43.6 Å². The molecule has 4 heteroatoms. The standard InChI is InChI=1S/C18H18BrN3/c1-22-17(14-7-9-15(19)10-8-14)12-21-18(22)16(20)11-13-5-3-2-4-6-13/h2-10,12,16H,11,20H2,1H3/t16-/m0/s1. The van der Waals surface area contributed by atoms with Gasteiger partial charge in [0.25, 0.3) is 0 Å². The quantitative estimate of drug-likeness (QED) is 0.765. The second kappa shape index (κ2) is 6.46. The van der Waals surface area contributed by atoms with Crippen LogP contribution in [0.1, 0.15) is 17.4 Å². The molecular formula is C18H18BrN3. The number of aromatic nitrogens is 2. The van der Waals surface area contributed by atoms with Gasteiger partial charge in [-0.1, -0.05) is 58.4 Å². The lowest BCUT2D eigenvalue weighted by Gasteiger charge is -2.13. The van der Waals surface area contributed by atoms with Crippen LogP contribution in [0.25, 0.3) is 11.3 Å². The number of hydrogen-bond donors (Lipinski definition) is 1. The van der Waals surface area contributed by atoms with Crippen LogP contribution in [0.4, 0.5) is 0 Å². The summed E-state index contributed by atoms with van der Waals surface area (Å²) in [6.07, 6.45) is 2.68. The lowest BCUT2D eigenvalue weighted by molar-refractivity contribution is 0.634. The number of benzene rings is 2. The highest BCUT2D eigenvalue weighted by Crippen LogP contribution is 2.24. The molecule has 0 unspecified atom stereocenters. The van der Waals surface area contributed by atoms with Gasteiger partial charge in [-0.3, -0.25) is 0 Å². The summed E-state index contributed by atoms with van der Waals surface area (Å²) in [5, 5.41) is 0. The molecule has 0 amide bonds. The van der Waals surface area contributed by atoms with Crippen molar-refractivity contribution in [2.45, 2.75) is 12.5 Å². The van der Waals surface area contributed by atoms with Crippen LogP contribution >= 0.6 is 15.9 Å². The van der Waals surface area contributed by atoms with Crippen molar-refractivity contribution in [3.05, 3.63) is 76.7 Å². The number of nitrogens with zero attached hydrogens (tertiary/aromatic N) is 2. The van der Waals surface area contributed by atoms with Crippen molar-refractivity contribution in [2.75, 3.05) is 0 Å². The van der Waals surface area contributed by atoms with Crippen molar-refractivity contribution in [2.24, 2.45) is 12.8 Å². The average Bonchev–Trinajstić information content (AvgIpc) is 2.91. The SMILES string of the molecule is Cn1c(-c2ccc(Br)cc2)cnc1[C@@H](N)Cc1ccccc1. The van der Waals surface area contributed by atoms with Crippen LogP contribution in [-0.2, 0) is 13.5 Å². The van der Waals surface area contributed by atoms with Gasteiger partial charge < -0.3 is 10.3 Å². The van der Waals surface area contributed by atoms with Gasteiger partial charge in [0.05, 0.1) is 17.9 Å². The minimum absolute atomic E-state index is 0.114. The van der Waals surface area contributed by atoms with E-state index in [4.69, 9.17) is 5.73 Å². The third kappa shape index (κ3) is 3.13. The summed E-state index contributed by atoms with van der Waals surface area (Å²) >= 11 is 3.46. The van der Waals surface area contributed by atoms with E-state index in [1.165, 1.54) is 5.56 Å². The summed E-state index contributed by atoms with van der Waals surface area (Å²) in [5.74, 6) is 0.904. The third-order valence-corrected chi connectivity index (χ3v) is 4.32. The Morgan fingerprint density at radius 3 is 2.45 bits per heavy atom. The zero-order chi connectivity index (χ0) is 15.5. The second-order valence-electron chi connectivity index (χ2n) is 5.36. The molecule has 1 heterocycles. The Hall–Kier alpha value is -1.91. The van der Waals surface area contributed by atoms with Crippen LogP contribution < -0.4 is 5.73 Å². The predicted octanol–water partition coefficient (Wildman–Crippen LogP) is 4.09. The zero-order valence-corrected chi connectivity index (χ0v) is 14.0. The van der Waals surface area contributed by atoms with Crippen LogP contribution in [0.3, 0.4) is 0 Å². The Bertz CT molecular complexity index is 748. The van der Waals surface area contributed by atoms with E-state index in [9.17, 15) is 0 Å². The van der Waals surface area contributed by atoms with Crippen LogP contribution in [0.5, 0.6) is 0 Å². The van der Waals surface area contributed by atoms with Gasteiger partial charge in [-0.05, 0) is 29.7 Å². The van der Waals surface area contributed by atoms with Crippen molar-refractivity contribution in [3.8, 4) is 11.3 Å². The third-order valence-electron chi connectivity index (χ3n) is 3.79. The predicted molar refractivity (Wildman–Crippen MR) is 93.4 cm³/mol. The lowest BCUT2D eigenvalue weighted by Crippen LogP contribution is -2.18. The fraction of sp³-hybridized carbons (Fsp3) is 0.167. The average molecular weight is 356 g/mol. The first-order chi connectivity index (χ1) is 10.6. The van der Waals surface area contributed by atoms with Crippen LogP contribution in [-0.4, -0.2) is 9.55 Å². The molecule has 1 atom stereocenters. The van der Waals surface area contributed by atoms with Gasteiger partial charge in [0.2, 0.25) is 0 Å². The number of nitrogens with two attached hydrogens (primary N) is 1. The van der Waals surface area contributed by atoms with Gasteiger partial charge in [0, 0.05) is 11.5 Å². The van der Waals surface area contributed by atoms with Gasteiger partial charge >= 0.3 is 0 Å². The van der Waals surface area contributed by atoms with Gasteiger partial charge in [-0.25, -0.2) is 4.98 Å². The zero-order valence-electron chi connectivity index (χ0n) is 12.4. The molecule has 0 aliphatic carbocycles. The normalized spacial score (nSPS) is 12.3. The first-order valence-corrected chi connectivity index (χ1v) is 8.01. The maximum atomic E-state index is 6.35. The Balaban J connectivity index is 1.85. The van der Waals surface area contributed by atoms with Gasteiger partial charge in [0.1, 0.15) is 5.82 Å². The molecule has 0 bridgehead atoms. The Kier molecular flexibility index (Phi) is 4.41. The Morgan fingerprint density at radius 2 is 1.77 bits per heavy atom. The minimum atomic E-state index is -0.114. The van der Waals surface area contributed by atoms with Crippen molar-refractivity contribution in [3.63, 3.8) is 0 Å². The summed E-state index contributed by atoms with van der Waals surface area (Å²) in [6.45, 7) is 0. The van der Waals surface area contributed by atoms with Gasteiger partial charge in [-0.2, -0.15) is 0 Å². The summed E-state index contributed by atoms with van der Waals surface area (Å²) in [6, 6.07) is 18.4. The van der Waals surface area contributed by atoms with E-state index < -0.39 is 0 Å². The molecule has 0 aliphatic heterocycles. The fourth-order valence-corrected chi connectivity index (χ4v) is 2.88. The van der Waals surface area contributed by atoms with E-state index in [2.05, 4.69) is 49.7 Å². The maximum Gasteiger partial charge on any atom is 0.126 e. The molecule has 0 radical (unpaired) electrons. The molecule has 2 aromatic carbocycles. The van der Waals surface area contributed by atoms with E-state index in [1.54, 1.807) is 0 Å². The smallest absolute Gasteiger partial charge is 0.126 e. The maximum absolute atomic E-state index is 6.35. The molecule has 3 aromatic rings. The fourth-order valence-electron chi connectivity index (χ4n) is 2.62. The summed E-state index contributed by atoms with van der Waals surface area (Å²) in [7, 11) is 2.02. The summed E-state index contributed by atoms with van der Waals surface area (Å²) < 4.78 is 3.15. The van der Waals surface area contributed by atoms with Crippen molar-refractivity contribution in [1.82, 2.24) is 9.55 Å². The molecule has 3 rings (SSSR count). The van der Waals surface area contributed by atoms with E-state index in [0.29, 0.717) is 0 Å². The molecule has 3 nitrogen and oxygen atoms in total. The highest BCUT2D eigenvalue weighted by Gasteiger charge is 2.15.